The van der Waals surface area contributed by atoms with Crippen LogP contribution < -0.4 is 0 Å². The molecule has 1 aliphatic heterocycles. The first-order valence-corrected chi connectivity index (χ1v) is 9.66. The minimum atomic E-state index is -3.29. The van der Waals surface area contributed by atoms with Gasteiger partial charge in [0, 0.05) is 19.6 Å². The lowest BCUT2D eigenvalue weighted by molar-refractivity contribution is 0.170. The Hall–Kier alpha value is -1.42. The van der Waals surface area contributed by atoms with E-state index in [4.69, 9.17) is 5.26 Å². The van der Waals surface area contributed by atoms with E-state index in [0.717, 1.165) is 19.6 Å². The molecule has 126 valence electrons. The van der Waals surface area contributed by atoms with E-state index in [-0.39, 0.29) is 5.75 Å². The first-order valence-electron chi connectivity index (χ1n) is 8.01. The molecule has 2 rings (SSSR count). The topological polar surface area (TPSA) is 64.4 Å². The fourth-order valence-electron chi connectivity index (χ4n) is 3.08. The van der Waals surface area contributed by atoms with Gasteiger partial charge in [0.05, 0.1) is 22.3 Å². The number of hydrogen-bond donors (Lipinski definition) is 0. The lowest BCUT2D eigenvalue weighted by Crippen LogP contribution is -2.39. The quantitative estimate of drug-likeness (QED) is 0.790. The highest BCUT2D eigenvalue weighted by Crippen LogP contribution is 2.16. The summed E-state index contributed by atoms with van der Waals surface area (Å²) >= 11 is 0. The van der Waals surface area contributed by atoms with E-state index in [1.807, 2.05) is 13.1 Å². The predicted molar refractivity (Wildman–Crippen MR) is 90.9 cm³/mol. The number of nitrogens with zero attached hydrogens (tertiary/aromatic N) is 3. The zero-order chi connectivity index (χ0) is 16.9. The van der Waals surface area contributed by atoms with E-state index in [1.54, 1.807) is 12.1 Å². The molecule has 1 fully saturated rings. The van der Waals surface area contributed by atoms with Crippen LogP contribution in [0, 0.1) is 17.2 Å². The molecule has 1 aromatic carbocycles. The summed E-state index contributed by atoms with van der Waals surface area (Å²) in [7, 11) is 0.836. The third kappa shape index (κ3) is 5.31. The zero-order valence-electron chi connectivity index (χ0n) is 13.9. The van der Waals surface area contributed by atoms with Crippen molar-refractivity contribution in [2.24, 2.45) is 5.92 Å². The van der Waals surface area contributed by atoms with E-state index in [9.17, 15) is 8.42 Å². The standard InChI is InChI=1S/C17H25N3O2S/c1-19-9-3-4-16(13-19)14-20(2)10-11-23(21,22)17-7-5-15(12-18)6-8-17/h5-8,16H,3-4,9-11,13-14H2,1-2H3/t16-/m1/s1. The van der Waals surface area contributed by atoms with E-state index in [0.29, 0.717) is 22.9 Å². The minimum Gasteiger partial charge on any atom is -0.306 e. The molecule has 1 heterocycles. The van der Waals surface area contributed by atoms with Gasteiger partial charge in [-0.3, -0.25) is 0 Å². The molecular formula is C17H25N3O2S. The zero-order valence-corrected chi connectivity index (χ0v) is 14.7. The van der Waals surface area contributed by atoms with Crippen molar-refractivity contribution in [2.75, 3.05) is 46.0 Å². The van der Waals surface area contributed by atoms with Crippen LogP contribution >= 0.6 is 0 Å². The van der Waals surface area contributed by atoms with Crippen LogP contribution in [0.25, 0.3) is 0 Å². The molecule has 0 bridgehead atoms. The average Bonchev–Trinajstić information content (AvgIpc) is 2.53. The number of likely N-dealkylation sites (tertiary alicyclic amines) is 1. The van der Waals surface area contributed by atoms with E-state index in [1.165, 1.54) is 25.0 Å². The summed E-state index contributed by atoms with van der Waals surface area (Å²) in [6.07, 6.45) is 2.44. The second kappa shape index (κ2) is 7.91. The van der Waals surface area contributed by atoms with Crippen LogP contribution in [-0.2, 0) is 9.84 Å². The van der Waals surface area contributed by atoms with Crippen molar-refractivity contribution in [3.63, 3.8) is 0 Å². The normalized spacial score (nSPS) is 19.7. The summed E-state index contributed by atoms with van der Waals surface area (Å²) in [6, 6.07) is 8.13. The van der Waals surface area contributed by atoms with Crippen LogP contribution in [0.5, 0.6) is 0 Å². The summed E-state index contributed by atoms with van der Waals surface area (Å²) in [5.74, 6) is 0.731. The maximum atomic E-state index is 12.4. The molecule has 0 aliphatic carbocycles. The second-order valence-electron chi connectivity index (χ2n) is 6.49. The molecule has 0 saturated carbocycles. The number of sulfone groups is 1. The van der Waals surface area contributed by atoms with E-state index < -0.39 is 9.84 Å². The Kier molecular flexibility index (Phi) is 6.17. The van der Waals surface area contributed by atoms with Crippen molar-refractivity contribution in [2.45, 2.75) is 17.7 Å². The van der Waals surface area contributed by atoms with Crippen molar-refractivity contribution >= 4 is 9.84 Å². The molecule has 1 aromatic rings. The van der Waals surface area contributed by atoms with Gasteiger partial charge in [0.15, 0.2) is 9.84 Å². The van der Waals surface area contributed by atoms with Crippen LogP contribution in [0.15, 0.2) is 29.2 Å². The Morgan fingerprint density at radius 2 is 2.04 bits per heavy atom. The summed E-state index contributed by atoms with van der Waals surface area (Å²) in [6.45, 7) is 3.72. The van der Waals surface area contributed by atoms with Gasteiger partial charge < -0.3 is 9.80 Å². The minimum absolute atomic E-state index is 0.109. The summed E-state index contributed by atoms with van der Waals surface area (Å²) in [5, 5.41) is 8.77. The van der Waals surface area contributed by atoms with Crippen molar-refractivity contribution < 1.29 is 8.42 Å². The summed E-state index contributed by atoms with van der Waals surface area (Å²) in [5.41, 5.74) is 0.475. The first-order chi connectivity index (χ1) is 10.9. The van der Waals surface area contributed by atoms with Gasteiger partial charge in [0.25, 0.3) is 0 Å². The third-order valence-electron chi connectivity index (χ3n) is 4.38. The molecule has 23 heavy (non-hydrogen) atoms. The molecule has 0 N–H and O–H groups in total. The summed E-state index contributed by atoms with van der Waals surface area (Å²) < 4.78 is 24.7. The SMILES string of the molecule is CN1CCC[C@@H](CN(C)CCS(=O)(=O)c2ccc(C#N)cc2)C1. The van der Waals surface area contributed by atoms with Gasteiger partial charge >= 0.3 is 0 Å². The number of rotatable bonds is 6. The largest absolute Gasteiger partial charge is 0.306 e. The molecule has 6 heteroatoms. The van der Waals surface area contributed by atoms with Gasteiger partial charge in [-0.05, 0) is 63.7 Å². The fraction of sp³-hybridized carbons (Fsp3) is 0.588. The highest BCUT2D eigenvalue weighted by atomic mass is 32.2. The first kappa shape index (κ1) is 17.9. The lowest BCUT2D eigenvalue weighted by Gasteiger charge is -2.32. The maximum absolute atomic E-state index is 12.4. The van der Waals surface area contributed by atoms with Crippen molar-refractivity contribution in [3.05, 3.63) is 29.8 Å². The number of nitriles is 1. The van der Waals surface area contributed by atoms with Crippen LogP contribution in [0.2, 0.25) is 0 Å². The number of hydrogen-bond acceptors (Lipinski definition) is 5. The Morgan fingerprint density at radius 1 is 1.35 bits per heavy atom. The van der Waals surface area contributed by atoms with Crippen LogP contribution in [0.3, 0.4) is 0 Å². The monoisotopic (exact) mass is 335 g/mol. The van der Waals surface area contributed by atoms with Gasteiger partial charge in [0.1, 0.15) is 0 Å². The Bertz CT molecular complexity index is 649. The van der Waals surface area contributed by atoms with Gasteiger partial charge in [-0.15, -0.1) is 0 Å². The van der Waals surface area contributed by atoms with E-state index in [2.05, 4.69) is 16.8 Å². The molecule has 5 nitrogen and oxygen atoms in total. The predicted octanol–water partition coefficient (Wildman–Crippen LogP) is 1.61. The summed E-state index contributed by atoms with van der Waals surface area (Å²) in [4.78, 5) is 4.75. The van der Waals surface area contributed by atoms with E-state index >= 15 is 0 Å². The molecule has 1 aliphatic rings. The van der Waals surface area contributed by atoms with Crippen LogP contribution in [0.4, 0.5) is 0 Å². The lowest BCUT2D eigenvalue weighted by atomic mass is 9.98. The van der Waals surface area contributed by atoms with Crippen molar-refractivity contribution in [1.82, 2.24) is 9.80 Å². The fourth-order valence-corrected chi connectivity index (χ4v) is 4.42. The molecule has 0 unspecified atom stereocenters. The van der Waals surface area contributed by atoms with Gasteiger partial charge in [0.2, 0.25) is 0 Å². The van der Waals surface area contributed by atoms with Crippen molar-refractivity contribution in [3.8, 4) is 6.07 Å². The average molecular weight is 335 g/mol. The maximum Gasteiger partial charge on any atom is 0.179 e. The molecule has 0 aromatic heterocycles. The highest BCUT2D eigenvalue weighted by Gasteiger charge is 2.20. The van der Waals surface area contributed by atoms with Gasteiger partial charge in [-0.1, -0.05) is 0 Å². The molecule has 0 amide bonds. The van der Waals surface area contributed by atoms with Gasteiger partial charge in [-0.2, -0.15) is 5.26 Å². The highest BCUT2D eigenvalue weighted by molar-refractivity contribution is 7.91. The molecule has 0 radical (unpaired) electrons. The molecular weight excluding hydrogens is 310 g/mol. The Morgan fingerprint density at radius 3 is 2.65 bits per heavy atom. The van der Waals surface area contributed by atoms with Gasteiger partial charge in [-0.25, -0.2) is 8.42 Å². The number of benzene rings is 1. The smallest absolute Gasteiger partial charge is 0.179 e. The molecule has 1 atom stereocenters. The molecule has 1 saturated heterocycles. The van der Waals surface area contributed by atoms with Crippen LogP contribution in [-0.4, -0.2) is 64.2 Å². The van der Waals surface area contributed by atoms with Crippen molar-refractivity contribution in [1.29, 1.82) is 5.26 Å². The second-order valence-corrected chi connectivity index (χ2v) is 8.60. The third-order valence-corrected chi connectivity index (χ3v) is 6.09. The Labute approximate surface area is 139 Å². The van der Waals surface area contributed by atoms with Crippen LogP contribution in [0.1, 0.15) is 18.4 Å². The molecule has 0 spiro atoms. The number of piperidine rings is 1. The Balaban J connectivity index is 1.86.